The normalized spacial score (nSPS) is 23.4. The van der Waals surface area contributed by atoms with Crippen molar-refractivity contribution in [3.63, 3.8) is 0 Å². The topological polar surface area (TPSA) is 59.2 Å². The summed E-state index contributed by atoms with van der Waals surface area (Å²) >= 11 is 0. The highest BCUT2D eigenvalue weighted by Gasteiger charge is 2.27. The largest absolute Gasteiger partial charge is 0.342 e. The van der Waals surface area contributed by atoms with Crippen LogP contribution in [0.15, 0.2) is 24.5 Å². The Labute approximate surface area is 115 Å². The van der Waals surface area contributed by atoms with Gasteiger partial charge in [-0.05, 0) is 30.4 Å². The maximum atomic E-state index is 12.2. The molecule has 19 heavy (non-hydrogen) atoms. The highest BCUT2D eigenvalue weighted by atomic mass is 16.2. The quantitative estimate of drug-likeness (QED) is 0.895. The lowest BCUT2D eigenvalue weighted by molar-refractivity contribution is -0.133. The smallest absolute Gasteiger partial charge is 0.222 e. The minimum atomic E-state index is 0.245. The summed E-state index contributed by atoms with van der Waals surface area (Å²) in [6, 6.07) is 4.18. The molecule has 2 atom stereocenters. The van der Waals surface area contributed by atoms with E-state index in [1.165, 1.54) is 0 Å². The molecule has 1 aromatic heterocycles. The lowest BCUT2D eigenvalue weighted by atomic mass is 9.90. The molecule has 2 unspecified atom stereocenters. The van der Waals surface area contributed by atoms with Gasteiger partial charge in [-0.15, -0.1) is 0 Å². The van der Waals surface area contributed by atoms with Gasteiger partial charge in [0.15, 0.2) is 0 Å². The van der Waals surface area contributed by atoms with E-state index in [-0.39, 0.29) is 11.9 Å². The van der Waals surface area contributed by atoms with Gasteiger partial charge >= 0.3 is 0 Å². The molecule has 2 rings (SSSR count). The van der Waals surface area contributed by atoms with Crippen molar-refractivity contribution in [3.05, 3.63) is 30.1 Å². The molecule has 4 heteroatoms. The van der Waals surface area contributed by atoms with Gasteiger partial charge in [-0.1, -0.05) is 19.4 Å². The van der Waals surface area contributed by atoms with Crippen LogP contribution in [0.2, 0.25) is 0 Å². The van der Waals surface area contributed by atoms with Crippen molar-refractivity contribution in [1.29, 1.82) is 0 Å². The van der Waals surface area contributed by atoms with Crippen molar-refractivity contribution >= 4 is 5.91 Å². The van der Waals surface area contributed by atoms with E-state index in [2.05, 4.69) is 11.9 Å². The van der Waals surface area contributed by atoms with Crippen LogP contribution < -0.4 is 5.73 Å². The number of pyridine rings is 1. The number of likely N-dealkylation sites (tertiary alicyclic amines) is 1. The van der Waals surface area contributed by atoms with Crippen LogP contribution in [0.4, 0.5) is 0 Å². The third-order valence-corrected chi connectivity index (χ3v) is 4.02. The van der Waals surface area contributed by atoms with Crippen LogP contribution in [0.1, 0.15) is 31.7 Å². The number of aryl methyl sites for hydroxylation is 1. The number of rotatable bonds is 4. The van der Waals surface area contributed by atoms with Crippen molar-refractivity contribution in [2.24, 2.45) is 11.7 Å². The zero-order valence-electron chi connectivity index (χ0n) is 11.6. The highest BCUT2D eigenvalue weighted by molar-refractivity contribution is 5.76. The van der Waals surface area contributed by atoms with Gasteiger partial charge in [-0.3, -0.25) is 9.78 Å². The Morgan fingerprint density at radius 2 is 2.42 bits per heavy atom. The second kappa shape index (κ2) is 6.66. The highest BCUT2D eigenvalue weighted by Crippen LogP contribution is 2.19. The number of hydrogen-bond acceptors (Lipinski definition) is 3. The molecule has 1 fully saturated rings. The van der Waals surface area contributed by atoms with Gasteiger partial charge < -0.3 is 10.6 Å². The third-order valence-electron chi connectivity index (χ3n) is 4.02. The number of nitrogens with two attached hydrogens (primary N) is 1. The second-order valence-corrected chi connectivity index (χ2v) is 5.32. The van der Waals surface area contributed by atoms with E-state index in [4.69, 9.17) is 5.73 Å². The predicted octanol–water partition coefficient (Wildman–Crippen LogP) is 1.60. The number of nitrogens with zero attached hydrogens (tertiary/aromatic N) is 2. The monoisotopic (exact) mass is 261 g/mol. The molecular formula is C15H23N3O. The van der Waals surface area contributed by atoms with E-state index in [1.54, 1.807) is 6.20 Å². The molecular weight excluding hydrogens is 238 g/mol. The first kappa shape index (κ1) is 14.0. The lowest BCUT2D eigenvalue weighted by Crippen LogP contribution is -2.49. The van der Waals surface area contributed by atoms with Gasteiger partial charge in [-0.25, -0.2) is 0 Å². The SMILES string of the molecule is CCC1CN(C(=O)CCc2cccnc2)CCC1N. The fourth-order valence-electron chi connectivity index (χ4n) is 2.66. The van der Waals surface area contributed by atoms with Crippen LogP contribution in [0.3, 0.4) is 0 Å². The van der Waals surface area contributed by atoms with E-state index in [0.717, 1.165) is 37.9 Å². The fourth-order valence-corrected chi connectivity index (χ4v) is 2.66. The van der Waals surface area contributed by atoms with E-state index in [0.29, 0.717) is 12.3 Å². The minimum absolute atomic E-state index is 0.245. The summed E-state index contributed by atoms with van der Waals surface area (Å²) in [6.07, 6.45) is 6.89. The molecule has 1 saturated heterocycles. The molecule has 0 radical (unpaired) electrons. The van der Waals surface area contributed by atoms with Gasteiger partial charge in [0.2, 0.25) is 5.91 Å². The first-order chi connectivity index (χ1) is 9.20. The number of carbonyl (C=O) groups is 1. The van der Waals surface area contributed by atoms with Gasteiger partial charge in [-0.2, -0.15) is 0 Å². The van der Waals surface area contributed by atoms with Crippen molar-refractivity contribution in [2.75, 3.05) is 13.1 Å². The summed E-state index contributed by atoms with van der Waals surface area (Å²) in [7, 11) is 0. The summed E-state index contributed by atoms with van der Waals surface area (Å²) in [5, 5.41) is 0. The van der Waals surface area contributed by atoms with Crippen LogP contribution in [0.25, 0.3) is 0 Å². The summed E-state index contributed by atoms with van der Waals surface area (Å²) in [6.45, 7) is 3.78. The molecule has 1 aliphatic rings. The number of amides is 1. The van der Waals surface area contributed by atoms with Crippen LogP contribution in [0, 0.1) is 5.92 Å². The average molecular weight is 261 g/mol. The fraction of sp³-hybridized carbons (Fsp3) is 0.600. The average Bonchev–Trinajstić information content (AvgIpc) is 2.46. The number of aromatic nitrogens is 1. The minimum Gasteiger partial charge on any atom is -0.342 e. The summed E-state index contributed by atoms with van der Waals surface area (Å²) in [4.78, 5) is 18.3. The molecule has 0 bridgehead atoms. The third kappa shape index (κ3) is 3.77. The van der Waals surface area contributed by atoms with Gasteiger partial charge in [0.05, 0.1) is 0 Å². The number of hydrogen-bond donors (Lipinski definition) is 1. The molecule has 1 aliphatic heterocycles. The van der Waals surface area contributed by atoms with E-state index in [1.807, 2.05) is 23.2 Å². The molecule has 104 valence electrons. The molecule has 2 N–H and O–H groups in total. The Kier molecular flexibility index (Phi) is 4.91. The first-order valence-corrected chi connectivity index (χ1v) is 7.13. The lowest BCUT2D eigenvalue weighted by Gasteiger charge is -2.36. The van der Waals surface area contributed by atoms with Crippen LogP contribution >= 0.6 is 0 Å². The molecule has 0 saturated carbocycles. The Morgan fingerprint density at radius 3 is 3.11 bits per heavy atom. The molecule has 0 aliphatic carbocycles. The second-order valence-electron chi connectivity index (χ2n) is 5.32. The summed E-state index contributed by atoms with van der Waals surface area (Å²) < 4.78 is 0. The number of carbonyl (C=O) groups excluding carboxylic acids is 1. The van der Waals surface area contributed by atoms with E-state index in [9.17, 15) is 4.79 Å². The standard InChI is InChI=1S/C15H23N3O/c1-2-13-11-18(9-7-14(13)16)15(19)6-5-12-4-3-8-17-10-12/h3-4,8,10,13-14H,2,5-7,9,11,16H2,1H3. The maximum Gasteiger partial charge on any atom is 0.222 e. The molecule has 0 aromatic carbocycles. The Morgan fingerprint density at radius 1 is 1.58 bits per heavy atom. The Bertz CT molecular complexity index is 407. The van der Waals surface area contributed by atoms with Gasteiger partial charge in [0, 0.05) is 37.9 Å². The predicted molar refractivity (Wildman–Crippen MR) is 75.5 cm³/mol. The van der Waals surface area contributed by atoms with Crippen molar-refractivity contribution in [1.82, 2.24) is 9.88 Å². The van der Waals surface area contributed by atoms with Crippen molar-refractivity contribution < 1.29 is 4.79 Å². The molecule has 4 nitrogen and oxygen atoms in total. The summed E-state index contributed by atoms with van der Waals surface area (Å²) in [5.41, 5.74) is 7.19. The van der Waals surface area contributed by atoms with E-state index >= 15 is 0 Å². The molecule has 1 aromatic rings. The molecule has 2 heterocycles. The van der Waals surface area contributed by atoms with Crippen LogP contribution in [-0.4, -0.2) is 34.9 Å². The van der Waals surface area contributed by atoms with Crippen molar-refractivity contribution in [2.45, 2.75) is 38.6 Å². The zero-order valence-corrected chi connectivity index (χ0v) is 11.6. The Hall–Kier alpha value is -1.42. The number of piperidine rings is 1. The van der Waals surface area contributed by atoms with Crippen LogP contribution in [0.5, 0.6) is 0 Å². The summed E-state index contributed by atoms with van der Waals surface area (Å²) in [5.74, 6) is 0.699. The first-order valence-electron chi connectivity index (χ1n) is 7.13. The van der Waals surface area contributed by atoms with Gasteiger partial charge in [0.1, 0.15) is 0 Å². The van der Waals surface area contributed by atoms with Crippen LogP contribution in [-0.2, 0) is 11.2 Å². The molecule has 0 spiro atoms. The Balaban J connectivity index is 1.83. The van der Waals surface area contributed by atoms with Crippen molar-refractivity contribution in [3.8, 4) is 0 Å². The maximum absolute atomic E-state index is 12.2. The zero-order chi connectivity index (χ0) is 13.7. The van der Waals surface area contributed by atoms with Gasteiger partial charge in [0.25, 0.3) is 0 Å². The molecule has 1 amide bonds. The van der Waals surface area contributed by atoms with E-state index < -0.39 is 0 Å².